The third-order valence-corrected chi connectivity index (χ3v) is 5.59. The van der Waals surface area contributed by atoms with E-state index in [0.717, 1.165) is 16.5 Å². The summed E-state index contributed by atoms with van der Waals surface area (Å²) in [5, 5.41) is 4.96. The highest BCUT2D eigenvalue weighted by atomic mass is 35.5. The number of hydrogen-bond donors (Lipinski definition) is 0. The Morgan fingerprint density at radius 1 is 1.38 bits per heavy atom. The number of amides is 1. The number of pyridine rings is 1. The van der Waals surface area contributed by atoms with Crippen LogP contribution < -0.4 is 4.74 Å². The van der Waals surface area contributed by atoms with Crippen LogP contribution in [0.25, 0.3) is 21.3 Å². The molecule has 2 heterocycles. The zero-order valence-electron chi connectivity index (χ0n) is 16.7. The molecule has 0 radical (unpaired) electrons. The summed E-state index contributed by atoms with van der Waals surface area (Å²) in [6, 6.07) is 0.879. The fourth-order valence-electron chi connectivity index (χ4n) is 3.62. The van der Waals surface area contributed by atoms with E-state index in [-0.39, 0.29) is 22.6 Å². The number of carbonyl (C=O) groups excluding carboxylic acids is 1. The van der Waals surface area contributed by atoms with Crippen molar-refractivity contribution in [3.05, 3.63) is 43.9 Å². The van der Waals surface area contributed by atoms with E-state index in [0.29, 0.717) is 11.3 Å². The molecular formula is C19H21Cl2N5O3. The van der Waals surface area contributed by atoms with E-state index in [1.165, 1.54) is 7.11 Å². The Labute approximate surface area is 178 Å². The van der Waals surface area contributed by atoms with Crippen LogP contribution in [0.3, 0.4) is 0 Å². The van der Waals surface area contributed by atoms with Crippen LogP contribution in [0.2, 0.25) is 10.0 Å². The Balaban J connectivity index is 2.22. The number of ether oxygens (including phenoxy) is 2. The van der Waals surface area contributed by atoms with E-state index in [9.17, 15) is 4.79 Å². The fourth-order valence-corrected chi connectivity index (χ4v) is 4.09. The van der Waals surface area contributed by atoms with E-state index in [4.69, 9.17) is 38.2 Å². The molecule has 0 bridgehead atoms. The molecule has 0 N–H and O–H groups in total. The molecule has 1 aromatic heterocycles. The van der Waals surface area contributed by atoms with Gasteiger partial charge in [-0.05, 0) is 50.4 Å². The zero-order chi connectivity index (χ0) is 21.5. The van der Waals surface area contributed by atoms with Crippen molar-refractivity contribution in [2.24, 2.45) is 5.11 Å². The lowest BCUT2D eigenvalue weighted by Crippen LogP contribution is -2.38. The maximum Gasteiger partial charge on any atom is 0.411 e. The largest absolute Gasteiger partial charge is 0.495 e. The topological polar surface area (TPSA) is 100 Å². The summed E-state index contributed by atoms with van der Waals surface area (Å²) in [7, 11) is 1.50. The SMILES string of the molecule is COc1cc2c3c(cnc2c(Cl)c1Cl)C(CN=[N+]=[N-])N(C(=O)OC(C)(C)C)[C@H]3C. The molecule has 0 saturated heterocycles. The van der Waals surface area contributed by atoms with E-state index in [2.05, 4.69) is 15.0 Å². The Bertz CT molecular complexity index is 1030. The number of azide groups is 1. The molecule has 2 atom stereocenters. The first-order valence-electron chi connectivity index (χ1n) is 8.97. The van der Waals surface area contributed by atoms with Gasteiger partial charge in [-0.25, -0.2) is 4.79 Å². The van der Waals surface area contributed by atoms with E-state index in [1.807, 2.05) is 6.92 Å². The van der Waals surface area contributed by atoms with E-state index < -0.39 is 17.7 Å². The van der Waals surface area contributed by atoms with Crippen molar-refractivity contribution in [1.82, 2.24) is 9.88 Å². The number of carbonyl (C=O) groups is 1. The first-order chi connectivity index (χ1) is 13.6. The van der Waals surface area contributed by atoms with Crippen LogP contribution in [0.15, 0.2) is 17.4 Å². The van der Waals surface area contributed by atoms with Gasteiger partial charge in [-0.3, -0.25) is 9.88 Å². The quantitative estimate of drug-likeness (QED) is 0.323. The number of methoxy groups -OCH3 is 1. The Hall–Kier alpha value is -2.41. The van der Waals surface area contributed by atoms with Crippen LogP contribution in [-0.2, 0) is 4.74 Å². The highest BCUT2D eigenvalue weighted by Crippen LogP contribution is 2.48. The zero-order valence-corrected chi connectivity index (χ0v) is 18.2. The molecule has 0 spiro atoms. The van der Waals surface area contributed by atoms with E-state index >= 15 is 0 Å². The molecule has 0 saturated carbocycles. The lowest BCUT2D eigenvalue weighted by Gasteiger charge is -2.31. The van der Waals surface area contributed by atoms with Gasteiger partial charge in [-0.2, -0.15) is 0 Å². The smallest absolute Gasteiger partial charge is 0.411 e. The molecule has 2 aromatic rings. The summed E-state index contributed by atoms with van der Waals surface area (Å²) < 4.78 is 10.9. The molecule has 0 aliphatic carbocycles. The molecule has 1 unspecified atom stereocenters. The molecule has 10 heteroatoms. The van der Waals surface area contributed by atoms with Crippen molar-refractivity contribution in [2.75, 3.05) is 13.7 Å². The first kappa shape index (κ1) is 21.3. The van der Waals surface area contributed by atoms with Gasteiger partial charge < -0.3 is 9.47 Å². The normalized spacial score (nSPS) is 18.4. The average molecular weight is 438 g/mol. The number of benzene rings is 1. The lowest BCUT2D eigenvalue weighted by molar-refractivity contribution is 0.0116. The molecule has 1 aliphatic rings. The standard InChI is InChI=1S/C19H21Cl2N5O3/c1-9-14-10-6-13(28-5)15(20)16(21)17(10)23-7-11(14)12(8-24-25-22)26(9)18(27)29-19(2,3)4/h6-7,9,12H,8H2,1-5H3/t9-,12?/m0/s1. The van der Waals surface area contributed by atoms with Crippen molar-refractivity contribution >= 4 is 40.2 Å². The maximum atomic E-state index is 13.0. The first-order valence-corrected chi connectivity index (χ1v) is 9.73. The van der Waals surface area contributed by atoms with Crippen molar-refractivity contribution < 1.29 is 14.3 Å². The minimum absolute atomic E-state index is 0.0543. The average Bonchev–Trinajstić information content (AvgIpc) is 2.93. The van der Waals surface area contributed by atoms with Gasteiger partial charge in [-0.1, -0.05) is 28.3 Å². The Morgan fingerprint density at radius 3 is 2.66 bits per heavy atom. The molecule has 1 amide bonds. The molecule has 1 aliphatic heterocycles. The number of halogens is 2. The third kappa shape index (κ3) is 3.75. The summed E-state index contributed by atoms with van der Waals surface area (Å²) >= 11 is 12.7. The van der Waals surface area contributed by atoms with Gasteiger partial charge in [0.05, 0.1) is 36.3 Å². The second-order valence-electron chi connectivity index (χ2n) is 7.72. The molecule has 1 aromatic carbocycles. The summed E-state index contributed by atoms with van der Waals surface area (Å²) in [6.45, 7) is 7.33. The van der Waals surface area contributed by atoms with Gasteiger partial charge in [0.2, 0.25) is 0 Å². The number of aromatic nitrogens is 1. The second-order valence-corrected chi connectivity index (χ2v) is 8.48. The molecular weight excluding hydrogens is 417 g/mol. The molecule has 8 nitrogen and oxygen atoms in total. The number of hydrogen-bond acceptors (Lipinski definition) is 5. The van der Waals surface area contributed by atoms with Crippen LogP contribution in [0.1, 0.15) is 50.9 Å². The Morgan fingerprint density at radius 2 is 2.07 bits per heavy atom. The summed E-state index contributed by atoms with van der Waals surface area (Å²) in [6.07, 6.45) is 1.14. The van der Waals surface area contributed by atoms with Crippen molar-refractivity contribution in [3.63, 3.8) is 0 Å². The number of nitrogens with zero attached hydrogens (tertiary/aromatic N) is 5. The molecule has 154 valence electrons. The maximum absolute atomic E-state index is 13.0. The van der Waals surface area contributed by atoms with Gasteiger partial charge >= 0.3 is 6.09 Å². The molecule has 0 fully saturated rings. The monoisotopic (exact) mass is 437 g/mol. The van der Waals surface area contributed by atoms with Gasteiger partial charge in [0.25, 0.3) is 0 Å². The van der Waals surface area contributed by atoms with Crippen LogP contribution in [0, 0.1) is 0 Å². The van der Waals surface area contributed by atoms with Crippen LogP contribution in [0.5, 0.6) is 5.75 Å². The van der Waals surface area contributed by atoms with E-state index in [1.54, 1.807) is 37.9 Å². The Kier molecular flexibility index (Phi) is 5.72. The van der Waals surface area contributed by atoms with Crippen molar-refractivity contribution in [2.45, 2.75) is 45.4 Å². The van der Waals surface area contributed by atoms with Gasteiger partial charge in [0.1, 0.15) is 16.4 Å². The lowest BCUT2D eigenvalue weighted by atomic mass is 9.99. The predicted octanol–water partition coefficient (Wildman–Crippen LogP) is 6.21. The summed E-state index contributed by atoms with van der Waals surface area (Å²) in [4.78, 5) is 21.9. The number of rotatable bonds is 3. The van der Waals surface area contributed by atoms with Crippen molar-refractivity contribution in [3.8, 4) is 5.75 Å². The van der Waals surface area contributed by atoms with Gasteiger partial charge in [0, 0.05) is 16.5 Å². The fraction of sp³-hybridized carbons (Fsp3) is 0.474. The molecule has 3 rings (SSSR count). The van der Waals surface area contributed by atoms with Crippen LogP contribution in [0.4, 0.5) is 4.79 Å². The van der Waals surface area contributed by atoms with Crippen LogP contribution >= 0.6 is 23.2 Å². The minimum atomic E-state index is -0.672. The second kappa shape index (κ2) is 7.78. The summed E-state index contributed by atoms with van der Waals surface area (Å²) in [5.41, 5.74) is 10.3. The van der Waals surface area contributed by atoms with Gasteiger partial charge in [0.15, 0.2) is 0 Å². The highest BCUT2D eigenvalue weighted by Gasteiger charge is 2.42. The van der Waals surface area contributed by atoms with Gasteiger partial charge in [-0.15, -0.1) is 0 Å². The summed E-state index contributed by atoms with van der Waals surface area (Å²) in [5.74, 6) is 0.411. The van der Waals surface area contributed by atoms with Crippen molar-refractivity contribution in [1.29, 1.82) is 0 Å². The minimum Gasteiger partial charge on any atom is -0.495 e. The molecule has 29 heavy (non-hydrogen) atoms. The predicted molar refractivity (Wildman–Crippen MR) is 112 cm³/mol. The number of fused-ring (bicyclic) bond motifs is 3. The van der Waals surface area contributed by atoms with Crippen LogP contribution in [-0.4, -0.2) is 35.2 Å². The third-order valence-electron chi connectivity index (χ3n) is 4.75. The highest BCUT2D eigenvalue weighted by molar-refractivity contribution is 6.46.